The highest BCUT2D eigenvalue weighted by atomic mass is 16.5. The second-order valence-corrected chi connectivity index (χ2v) is 8.25. The summed E-state index contributed by atoms with van der Waals surface area (Å²) in [6.07, 6.45) is 5.08. The Labute approximate surface area is 186 Å². The second kappa shape index (κ2) is 11.9. The van der Waals surface area contributed by atoms with Gasteiger partial charge in [0.2, 0.25) is 11.8 Å². The fourth-order valence-electron chi connectivity index (χ4n) is 4.07. The Morgan fingerprint density at radius 2 is 1.87 bits per heavy atom. The van der Waals surface area contributed by atoms with Crippen molar-refractivity contribution in [1.82, 2.24) is 25.0 Å². The molecule has 3 rings (SSSR count). The van der Waals surface area contributed by atoms with E-state index in [0.29, 0.717) is 19.0 Å². The summed E-state index contributed by atoms with van der Waals surface area (Å²) in [5.74, 6) is 1.87. The number of carbonyl (C=O) groups excluding carboxylic acids is 1. The van der Waals surface area contributed by atoms with Crippen LogP contribution in [-0.4, -0.2) is 90.0 Å². The lowest BCUT2D eigenvalue weighted by molar-refractivity contribution is -0.135. The number of carbonyl (C=O) groups is 1. The van der Waals surface area contributed by atoms with Gasteiger partial charge in [-0.2, -0.15) is 0 Å². The van der Waals surface area contributed by atoms with E-state index in [1.54, 1.807) is 0 Å². The van der Waals surface area contributed by atoms with Gasteiger partial charge in [0.1, 0.15) is 0 Å². The highest BCUT2D eigenvalue weighted by Crippen LogP contribution is 2.14. The van der Waals surface area contributed by atoms with E-state index >= 15 is 0 Å². The fourth-order valence-corrected chi connectivity index (χ4v) is 4.07. The van der Waals surface area contributed by atoms with E-state index in [4.69, 9.17) is 9.73 Å². The van der Waals surface area contributed by atoms with Crippen LogP contribution in [0.2, 0.25) is 0 Å². The van der Waals surface area contributed by atoms with Crippen LogP contribution in [0.5, 0.6) is 5.88 Å². The molecule has 8 heteroatoms. The number of rotatable bonds is 8. The number of guanidine groups is 1. The summed E-state index contributed by atoms with van der Waals surface area (Å²) in [5.41, 5.74) is 1.06. The summed E-state index contributed by atoms with van der Waals surface area (Å²) in [4.78, 5) is 28.5. The molecule has 1 unspecified atom stereocenters. The average Bonchev–Trinajstić information content (AvgIpc) is 3.35. The van der Waals surface area contributed by atoms with Crippen LogP contribution in [0.15, 0.2) is 23.3 Å². The first kappa shape index (κ1) is 23.3. The molecule has 2 aliphatic heterocycles. The van der Waals surface area contributed by atoms with Crippen LogP contribution < -0.4 is 10.1 Å². The summed E-state index contributed by atoms with van der Waals surface area (Å²) in [6.45, 7) is 13.6. The topological polar surface area (TPSA) is 73.3 Å². The highest BCUT2D eigenvalue weighted by molar-refractivity contribution is 5.82. The number of pyridine rings is 1. The van der Waals surface area contributed by atoms with Gasteiger partial charge in [-0.15, -0.1) is 0 Å². The zero-order valence-electron chi connectivity index (χ0n) is 19.3. The maximum Gasteiger partial charge on any atom is 0.239 e. The van der Waals surface area contributed by atoms with E-state index in [0.717, 1.165) is 76.6 Å². The number of nitrogens with one attached hydrogen (secondary N) is 1. The van der Waals surface area contributed by atoms with Crippen LogP contribution in [0.1, 0.15) is 45.6 Å². The van der Waals surface area contributed by atoms with Crippen LogP contribution >= 0.6 is 0 Å². The highest BCUT2D eigenvalue weighted by Gasteiger charge is 2.30. The van der Waals surface area contributed by atoms with Gasteiger partial charge in [-0.1, -0.05) is 13.0 Å². The second-order valence-electron chi connectivity index (χ2n) is 8.25. The predicted octanol–water partition coefficient (Wildman–Crippen LogP) is 1.96. The van der Waals surface area contributed by atoms with Crippen molar-refractivity contribution in [3.8, 4) is 5.88 Å². The summed E-state index contributed by atoms with van der Waals surface area (Å²) in [6, 6.07) is 3.89. The summed E-state index contributed by atoms with van der Waals surface area (Å²) in [5, 5.41) is 3.41. The summed E-state index contributed by atoms with van der Waals surface area (Å²) >= 11 is 0. The van der Waals surface area contributed by atoms with E-state index in [1.165, 1.54) is 0 Å². The number of likely N-dealkylation sites (tertiary alicyclic amines) is 1. The quantitative estimate of drug-likeness (QED) is 0.502. The minimum Gasteiger partial charge on any atom is -0.478 e. The maximum atomic E-state index is 12.7. The van der Waals surface area contributed by atoms with Crippen LogP contribution in [0.3, 0.4) is 0 Å². The van der Waals surface area contributed by atoms with E-state index in [1.807, 2.05) is 23.2 Å². The summed E-state index contributed by atoms with van der Waals surface area (Å²) < 4.78 is 5.55. The molecule has 0 aliphatic carbocycles. The molecule has 1 amide bonds. The minimum atomic E-state index is -0.0423. The lowest BCUT2D eigenvalue weighted by atomic mass is 10.2. The largest absolute Gasteiger partial charge is 0.478 e. The number of aromatic nitrogens is 1. The molecule has 0 radical (unpaired) electrons. The average molecular weight is 431 g/mol. The third kappa shape index (κ3) is 6.56. The number of hydrogen-bond acceptors (Lipinski definition) is 5. The van der Waals surface area contributed by atoms with Gasteiger partial charge in [0.05, 0.1) is 19.2 Å². The van der Waals surface area contributed by atoms with Gasteiger partial charge in [0, 0.05) is 58.1 Å². The molecule has 0 spiro atoms. The Hall–Kier alpha value is -2.35. The van der Waals surface area contributed by atoms with Crippen molar-refractivity contribution < 1.29 is 9.53 Å². The fraction of sp³-hybridized carbons (Fsp3) is 0.696. The van der Waals surface area contributed by atoms with Crippen molar-refractivity contribution in [2.24, 2.45) is 4.99 Å². The number of hydrogen-bond donors (Lipinski definition) is 1. The molecule has 8 nitrogen and oxygen atoms in total. The van der Waals surface area contributed by atoms with Crippen molar-refractivity contribution in [3.05, 3.63) is 23.9 Å². The molecular formula is C23H38N6O2. The molecule has 1 aromatic rings. The number of piperazine rings is 1. The maximum absolute atomic E-state index is 12.7. The van der Waals surface area contributed by atoms with Gasteiger partial charge in [0.25, 0.3) is 0 Å². The van der Waals surface area contributed by atoms with Gasteiger partial charge in [-0.25, -0.2) is 9.98 Å². The van der Waals surface area contributed by atoms with Crippen molar-refractivity contribution in [2.75, 3.05) is 52.4 Å². The Bertz CT molecular complexity index is 709. The molecule has 2 aliphatic rings. The molecule has 0 saturated carbocycles. The van der Waals surface area contributed by atoms with E-state index in [-0.39, 0.29) is 11.9 Å². The number of aliphatic imine (C=N–C) groups is 1. The predicted molar refractivity (Wildman–Crippen MR) is 123 cm³/mol. The lowest BCUT2D eigenvalue weighted by Crippen LogP contribution is -2.57. The van der Waals surface area contributed by atoms with Gasteiger partial charge < -0.3 is 19.9 Å². The van der Waals surface area contributed by atoms with Crippen LogP contribution in [0, 0.1) is 0 Å². The van der Waals surface area contributed by atoms with Crippen molar-refractivity contribution in [3.63, 3.8) is 0 Å². The standard InChI is InChI=1S/C23H38N6O2/c1-4-16-31-21-9-8-20(17-25-21)18-26-23(24-5-2)29-14-12-27(13-15-29)19(3)22(30)28-10-6-7-11-28/h8-9,17,19H,4-7,10-16,18H2,1-3H3,(H,24,26). The van der Waals surface area contributed by atoms with Crippen LogP contribution in [0.25, 0.3) is 0 Å². The van der Waals surface area contributed by atoms with E-state index < -0.39 is 0 Å². The van der Waals surface area contributed by atoms with Gasteiger partial charge >= 0.3 is 0 Å². The zero-order valence-corrected chi connectivity index (χ0v) is 19.3. The Kier molecular flexibility index (Phi) is 8.94. The third-order valence-electron chi connectivity index (χ3n) is 5.93. The first-order valence-corrected chi connectivity index (χ1v) is 11.8. The molecule has 2 fully saturated rings. The monoisotopic (exact) mass is 430 g/mol. The molecule has 1 N–H and O–H groups in total. The molecule has 1 atom stereocenters. The molecule has 1 aromatic heterocycles. The van der Waals surface area contributed by atoms with Crippen LogP contribution in [0.4, 0.5) is 0 Å². The van der Waals surface area contributed by atoms with Gasteiger partial charge in [0.15, 0.2) is 5.96 Å². The Morgan fingerprint density at radius 3 is 2.48 bits per heavy atom. The smallest absolute Gasteiger partial charge is 0.239 e. The Morgan fingerprint density at radius 1 is 1.13 bits per heavy atom. The number of amides is 1. The number of nitrogens with zero attached hydrogens (tertiary/aromatic N) is 5. The Balaban J connectivity index is 1.52. The normalized spacial score (nSPS) is 18.9. The molecule has 2 saturated heterocycles. The SMILES string of the molecule is CCCOc1ccc(CN=C(NCC)N2CCN(C(C)C(=O)N3CCCC3)CC2)cn1. The van der Waals surface area contributed by atoms with Crippen molar-refractivity contribution in [2.45, 2.75) is 52.6 Å². The van der Waals surface area contributed by atoms with Gasteiger partial charge in [-0.3, -0.25) is 9.69 Å². The summed E-state index contributed by atoms with van der Waals surface area (Å²) in [7, 11) is 0. The first-order valence-electron chi connectivity index (χ1n) is 11.8. The van der Waals surface area contributed by atoms with E-state index in [2.05, 4.69) is 40.9 Å². The molecule has 172 valence electrons. The van der Waals surface area contributed by atoms with Gasteiger partial charge in [-0.05, 0) is 38.7 Å². The van der Waals surface area contributed by atoms with E-state index in [9.17, 15) is 4.79 Å². The van der Waals surface area contributed by atoms with Crippen molar-refractivity contribution >= 4 is 11.9 Å². The first-order chi connectivity index (χ1) is 15.1. The van der Waals surface area contributed by atoms with Crippen molar-refractivity contribution in [1.29, 1.82) is 0 Å². The molecule has 3 heterocycles. The third-order valence-corrected chi connectivity index (χ3v) is 5.93. The zero-order chi connectivity index (χ0) is 22.1. The minimum absolute atomic E-state index is 0.0423. The number of ether oxygens (including phenoxy) is 1. The van der Waals surface area contributed by atoms with Crippen LogP contribution in [-0.2, 0) is 11.3 Å². The molecule has 0 aromatic carbocycles. The molecule has 31 heavy (non-hydrogen) atoms. The molecular weight excluding hydrogens is 392 g/mol. The molecule has 0 bridgehead atoms. The lowest BCUT2D eigenvalue weighted by Gasteiger charge is -2.39.